The summed E-state index contributed by atoms with van der Waals surface area (Å²) in [5, 5.41) is 3.14. The third kappa shape index (κ3) is 4.42. The van der Waals surface area contributed by atoms with E-state index in [4.69, 9.17) is 0 Å². The second kappa shape index (κ2) is 6.18. The number of hydrogen-bond donors (Lipinski definition) is 1. The Morgan fingerprint density at radius 2 is 2.00 bits per heavy atom. The zero-order chi connectivity index (χ0) is 13.9. The molecule has 1 nitrogen and oxygen atoms in total. The van der Waals surface area contributed by atoms with Gasteiger partial charge in [-0.2, -0.15) is 13.2 Å². The molecule has 106 valence electrons. The highest BCUT2D eigenvalue weighted by Gasteiger charge is 2.27. The van der Waals surface area contributed by atoms with Crippen molar-refractivity contribution >= 4 is 11.8 Å². The molecule has 0 aromatic heterocycles. The van der Waals surface area contributed by atoms with Crippen molar-refractivity contribution in [3.63, 3.8) is 0 Å². The maximum absolute atomic E-state index is 12.0. The van der Waals surface area contributed by atoms with E-state index in [9.17, 15) is 13.2 Å². The van der Waals surface area contributed by atoms with Crippen molar-refractivity contribution in [2.24, 2.45) is 0 Å². The minimum absolute atomic E-state index is 0.0284. The van der Waals surface area contributed by atoms with Gasteiger partial charge in [-0.1, -0.05) is 18.2 Å². The van der Waals surface area contributed by atoms with Gasteiger partial charge in [0.2, 0.25) is 0 Å². The molecule has 1 aromatic rings. The van der Waals surface area contributed by atoms with Gasteiger partial charge in [-0.25, -0.2) is 0 Å². The quantitative estimate of drug-likeness (QED) is 0.820. The van der Waals surface area contributed by atoms with Crippen LogP contribution >= 0.6 is 11.8 Å². The van der Waals surface area contributed by atoms with Crippen molar-refractivity contribution in [3.05, 3.63) is 34.9 Å². The van der Waals surface area contributed by atoms with Crippen molar-refractivity contribution in [1.82, 2.24) is 5.32 Å². The lowest BCUT2D eigenvalue weighted by Crippen LogP contribution is -2.22. The zero-order valence-corrected chi connectivity index (χ0v) is 11.7. The average Bonchev–Trinajstić information content (AvgIpc) is 2.80. The molecular formula is C14H18F3NS. The second-order valence-electron chi connectivity index (χ2n) is 4.85. The number of aryl methyl sites for hydroxylation is 2. The summed E-state index contributed by atoms with van der Waals surface area (Å²) >= 11 is 0.0284. The van der Waals surface area contributed by atoms with E-state index < -0.39 is 5.51 Å². The minimum Gasteiger partial charge on any atom is -0.309 e. The third-order valence-electron chi connectivity index (χ3n) is 3.44. The molecule has 0 spiro atoms. The predicted octanol–water partition coefficient (Wildman–Crippen LogP) is 4.08. The lowest BCUT2D eigenvalue weighted by atomic mass is 10.0. The first-order chi connectivity index (χ1) is 8.96. The van der Waals surface area contributed by atoms with E-state index in [1.165, 1.54) is 17.5 Å². The summed E-state index contributed by atoms with van der Waals surface area (Å²) in [5.74, 6) is 0.0543. The Morgan fingerprint density at radius 1 is 1.26 bits per heavy atom. The molecule has 1 aliphatic carbocycles. The van der Waals surface area contributed by atoms with E-state index in [0.717, 1.165) is 18.4 Å². The van der Waals surface area contributed by atoms with Gasteiger partial charge in [-0.15, -0.1) is 0 Å². The Balaban J connectivity index is 1.81. The standard InChI is InChI=1S/C14H18F3NS/c1-10(18-7-8-19-14(15,16)17)12-6-5-11-3-2-4-13(11)9-12/h5-6,9-10,18H,2-4,7-8H2,1H3. The Kier molecular flexibility index (Phi) is 4.79. The fraction of sp³-hybridized carbons (Fsp3) is 0.571. The molecule has 2 rings (SSSR count). The first kappa shape index (κ1) is 14.7. The van der Waals surface area contributed by atoms with Crippen LogP contribution in [0.25, 0.3) is 0 Å². The third-order valence-corrected chi connectivity index (χ3v) is 4.18. The summed E-state index contributed by atoms with van der Waals surface area (Å²) in [5.41, 5.74) is -0.143. The number of benzene rings is 1. The fourth-order valence-electron chi connectivity index (χ4n) is 2.42. The van der Waals surface area contributed by atoms with Gasteiger partial charge in [0.15, 0.2) is 0 Å². The summed E-state index contributed by atoms with van der Waals surface area (Å²) in [6.07, 6.45) is 3.49. The Morgan fingerprint density at radius 3 is 2.74 bits per heavy atom. The second-order valence-corrected chi connectivity index (χ2v) is 6.01. The van der Waals surface area contributed by atoms with Crippen LogP contribution in [0.1, 0.15) is 36.1 Å². The molecule has 0 aliphatic heterocycles. The molecule has 0 fully saturated rings. The monoisotopic (exact) mass is 289 g/mol. The Hall–Kier alpha value is -0.680. The number of alkyl halides is 3. The number of halogens is 3. The largest absolute Gasteiger partial charge is 0.441 e. The van der Waals surface area contributed by atoms with E-state index in [-0.39, 0.29) is 23.6 Å². The summed E-state index contributed by atoms with van der Waals surface area (Å²) in [6, 6.07) is 6.52. The molecule has 1 N–H and O–H groups in total. The zero-order valence-electron chi connectivity index (χ0n) is 10.9. The smallest absolute Gasteiger partial charge is 0.309 e. The van der Waals surface area contributed by atoms with Gasteiger partial charge in [0, 0.05) is 18.3 Å². The molecule has 1 unspecified atom stereocenters. The highest BCUT2D eigenvalue weighted by Crippen LogP contribution is 2.29. The number of fused-ring (bicyclic) bond motifs is 1. The van der Waals surface area contributed by atoms with E-state index >= 15 is 0 Å². The van der Waals surface area contributed by atoms with Gasteiger partial charge >= 0.3 is 5.51 Å². The molecule has 0 bridgehead atoms. The summed E-state index contributed by atoms with van der Waals surface area (Å²) in [4.78, 5) is 0. The molecule has 5 heteroatoms. The summed E-state index contributed by atoms with van der Waals surface area (Å²) < 4.78 is 36.0. The fourth-order valence-corrected chi connectivity index (χ4v) is 2.87. The van der Waals surface area contributed by atoms with Crippen LogP contribution in [0.15, 0.2) is 18.2 Å². The van der Waals surface area contributed by atoms with Crippen LogP contribution in [-0.2, 0) is 12.8 Å². The van der Waals surface area contributed by atoms with Gasteiger partial charge in [0.05, 0.1) is 0 Å². The van der Waals surface area contributed by atoms with Crippen molar-refractivity contribution in [1.29, 1.82) is 0 Å². The topological polar surface area (TPSA) is 12.0 Å². The SMILES string of the molecule is CC(NCCSC(F)(F)F)c1ccc2c(c1)CCC2. The van der Waals surface area contributed by atoms with Gasteiger partial charge in [-0.3, -0.25) is 0 Å². The highest BCUT2D eigenvalue weighted by atomic mass is 32.2. The summed E-state index contributed by atoms with van der Waals surface area (Å²) in [6.45, 7) is 2.36. The van der Waals surface area contributed by atoms with E-state index in [0.29, 0.717) is 6.54 Å². The van der Waals surface area contributed by atoms with Crippen LogP contribution in [0.5, 0.6) is 0 Å². The number of hydrogen-bond acceptors (Lipinski definition) is 2. The van der Waals surface area contributed by atoms with Crippen LogP contribution in [0.3, 0.4) is 0 Å². The normalized spacial score (nSPS) is 16.4. The molecule has 1 aliphatic rings. The van der Waals surface area contributed by atoms with Crippen molar-refractivity contribution in [2.75, 3.05) is 12.3 Å². The van der Waals surface area contributed by atoms with Gasteiger partial charge in [-0.05, 0) is 54.6 Å². The van der Waals surface area contributed by atoms with Crippen molar-refractivity contribution in [2.45, 2.75) is 37.7 Å². The highest BCUT2D eigenvalue weighted by molar-refractivity contribution is 8.00. The van der Waals surface area contributed by atoms with Crippen molar-refractivity contribution < 1.29 is 13.2 Å². The van der Waals surface area contributed by atoms with Gasteiger partial charge in [0.25, 0.3) is 0 Å². The number of rotatable bonds is 5. The molecule has 1 atom stereocenters. The van der Waals surface area contributed by atoms with Crippen LogP contribution in [0.4, 0.5) is 13.2 Å². The molecule has 0 amide bonds. The Labute approximate surface area is 116 Å². The van der Waals surface area contributed by atoms with Crippen molar-refractivity contribution in [3.8, 4) is 0 Å². The van der Waals surface area contributed by atoms with Crippen LogP contribution < -0.4 is 5.32 Å². The molecule has 0 radical (unpaired) electrons. The molecule has 19 heavy (non-hydrogen) atoms. The van der Waals surface area contributed by atoms with E-state index in [1.54, 1.807) is 0 Å². The molecule has 0 saturated heterocycles. The predicted molar refractivity (Wildman–Crippen MR) is 73.4 cm³/mol. The first-order valence-electron chi connectivity index (χ1n) is 6.51. The van der Waals surface area contributed by atoms with Crippen LogP contribution in [-0.4, -0.2) is 17.8 Å². The first-order valence-corrected chi connectivity index (χ1v) is 7.50. The van der Waals surface area contributed by atoms with E-state index in [1.807, 2.05) is 6.92 Å². The maximum Gasteiger partial charge on any atom is 0.441 e. The average molecular weight is 289 g/mol. The maximum atomic E-state index is 12.0. The van der Waals surface area contributed by atoms with E-state index in [2.05, 4.69) is 23.5 Å². The lowest BCUT2D eigenvalue weighted by Gasteiger charge is -2.15. The Bertz CT molecular complexity index is 431. The number of thioether (sulfide) groups is 1. The molecule has 1 aromatic carbocycles. The molecular weight excluding hydrogens is 271 g/mol. The number of nitrogens with one attached hydrogen (secondary N) is 1. The van der Waals surface area contributed by atoms with Crippen LogP contribution in [0.2, 0.25) is 0 Å². The minimum atomic E-state index is -4.13. The van der Waals surface area contributed by atoms with Crippen LogP contribution in [0, 0.1) is 0 Å². The molecule has 0 heterocycles. The lowest BCUT2D eigenvalue weighted by molar-refractivity contribution is -0.0327. The summed E-state index contributed by atoms with van der Waals surface area (Å²) in [7, 11) is 0. The molecule has 0 saturated carbocycles. The van der Waals surface area contributed by atoms with Gasteiger partial charge in [0.1, 0.15) is 0 Å². The van der Waals surface area contributed by atoms with Gasteiger partial charge < -0.3 is 5.32 Å².